The van der Waals surface area contributed by atoms with Gasteiger partial charge < -0.3 is 24.4 Å². The van der Waals surface area contributed by atoms with Gasteiger partial charge in [0, 0.05) is 57.3 Å². The maximum absolute atomic E-state index is 5.88. The molecule has 1 saturated heterocycles. The highest BCUT2D eigenvalue weighted by Crippen LogP contribution is 2.34. The number of ether oxygens (including phenoxy) is 3. The standard InChI is InChI=1S/C19H29N3O3/c1-13-7-15-8-17(23-4)16(9-18(15)25-13)10-21-19(20-2)22(3)11-14-5-6-24-12-14/h8-9,13-14H,5-7,10-12H2,1-4H3,(H,20,21). The van der Waals surface area contributed by atoms with Crippen molar-refractivity contribution in [3.63, 3.8) is 0 Å². The van der Waals surface area contributed by atoms with Crippen LogP contribution in [0.2, 0.25) is 0 Å². The molecule has 0 aromatic heterocycles. The van der Waals surface area contributed by atoms with Crippen molar-refractivity contribution in [3.05, 3.63) is 23.3 Å². The van der Waals surface area contributed by atoms with Gasteiger partial charge in [0.2, 0.25) is 0 Å². The average molecular weight is 347 g/mol. The average Bonchev–Trinajstić information content (AvgIpc) is 3.22. The lowest BCUT2D eigenvalue weighted by Crippen LogP contribution is -2.41. The Morgan fingerprint density at radius 3 is 2.96 bits per heavy atom. The first-order chi connectivity index (χ1) is 12.1. The molecule has 1 aromatic carbocycles. The van der Waals surface area contributed by atoms with Crippen LogP contribution in [-0.4, -0.2) is 57.9 Å². The summed E-state index contributed by atoms with van der Waals surface area (Å²) in [6, 6.07) is 4.18. The number of hydrogen-bond donors (Lipinski definition) is 1. The molecule has 3 rings (SSSR count). The lowest BCUT2D eigenvalue weighted by atomic mass is 10.1. The van der Waals surface area contributed by atoms with Crippen LogP contribution in [0.25, 0.3) is 0 Å². The lowest BCUT2D eigenvalue weighted by molar-refractivity contribution is 0.181. The highest BCUT2D eigenvalue weighted by molar-refractivity contribution is 5.79. The second kappa shape index (κ2) is 7.95. The Morgan fingerprint density at radius 2 is 2.28 bits per heavy atom. The molecular weight excluding hydrogens is 318 g/mol. The zero-order valence-corrected chi connectivity index (χ0v) is 15.7. The van der Waals surface area contributed by atoms with Crippen LogP contribution in [0.4, 0.5) is 0 Å². The topological polar surface area (TPSA) is 55.3 Å². The van der Waals surface area contributed by atoms with Crippen molar-refractivity contribution in [2.24, 2.45) is 10.9 Å². The molecule has 2 unspecified atom stereocenters. The van der Waals surface area contributed by atoms with Crippen molar-refractivity contribution in [2.75, 3.05) is 41.0 Å². The van der Waals surface area contributed by atoms with E-state index < -0.39 is 0 Å². The van der Waals surface area contributed by atoms with Crippen molar-refractivity contribution < 1.29 is 14.2 Å². The molecule has 1 N–H and O–H groups in total. The number of nitrogens with one attached hydrogen (secondary N) is 1. The van der Waals surface area contributed by atoms with Crippen molar-refractivity contribution in [1.82, 2.24) is 10.2 Å². The Kier molecular flexibility index (Phi) is 5.68. The minimum absolute atomic E-state index is 0.232. The molecular formula is C19H29N3O3. The molecule has 138 valence electrons. The second-order valence-corrected chi connectivity index (χ2v) is 6.92. The summed E-state index contributed by atoms with van der Waals surface area (Å²) in [5, 5.41) is 3.44. The number of rotatable bonds is 5. The quantitative estimate of drug-likeness (QED) is 0.653. The van der Waals surface area contributed by atoms with Gasteiger partial charge in [-0.1, -0.05) is 0 Å². The van der Waals surface area contributed by atoms with E-state index in [2.05, 4.69) is 41.3 Å². The molecule has 2 atom stereocenters. The molecule has 2 heterocycles. The Morgan fingerprint density at radius 1 is 1.44 bits per heavy atom. The fourth-order valence-corrected chi connectivity index (χ4v) is 3.57. The fraction of sp³-hybridized carbons (Fsp3) is 0.632. The summed E-state index contributed by atoms with van der Waals surface area (Å²) in [6.45, 7) is 5.40. The number of nitrogens with zero attached hydrogens (tertiary/aromatic N) is 2. The van der Waals surface area contributed by atoms with E-state index in [-0.39, 0.29) is 6.10 Å². The van der Waals surface area contributed by atoms with Crippen LogP contribution in [0.3, 0.4) is 0 Å². The smallest absolute Gasteiger partial charge is 0.193 e. The van der Waals surface area contributed by atoms with Crippen molar-refractivity contribution in [1.29, 1.82) is 0 Å². The highest BCUT2D eigenvalue weighted by Gasteiger charge is 2.22. The van der Waals surface area contributed by atoms with E-state index in [9.17, 15) is 0 Å². The summed E-state index contributed by atoms with van der Waals surface area (Å²) in [5.74, 6) is 3.32. The second-order valence-electron chi connectivity index (χ2n) is 6.92. The fourth-order valence-electron chi connectivity index (χ4n) is 3.57. The number of hydrogen-bond acceptors (Lipinski definition) is 4. The molecule has 2 aliphatic rings. The van der Waals surface area contributed by atoms with Gasteiger partial charge in [-0.2, -0.15) is 0 Å². The Labute approximate surface area is 150 Å². The van der Waals surface area contributed by atoms with Crippen LogP contribution in [0.1, 0.15) is 24.5 Å². The maximum atomic E-state index is 5.88. The zero-order valence-electron chi connectivity index (χ0n) is 15.7. The number of aliphatic imine (C=N–C) groups is 1. The number of methoxy groups -OCH3 is 1. The van der Waals surface area contributed by atoms with Gasteiger partial charge in [-0.15, -0.1) is 0 Å². The molecule has 0 bridgehead atoms. The SMILES string of the molecule is CN=C(NCc1cc2c(cc1OC)CC(C)O2)N(C)CC1CCOC1. The zero-order chi connectivity index (χ0) is 17.8. The first kappa shape index (κ1) is 17.9. The summed E-state index contributed by atoms with van der Waals surface area (Å²) < 4.78 is 16.9. The molecule has 0 radical (unpaired) electrons. The molecule has 1 aromatic rings. The van der Waals surface area contributed by atoms with Crippen LogP contribution >= 0.6 is 0 Å². The third-order valence-electron chi connectivity index (χ3n) is 4.87. The summed E-state index contributed by atoms with van der Waals surface area (Å²) in [5.41, 5.74) is 2.30. The van der Waals surface area contributed by atoms with E-state index in [4.69, 9.17) is 14.2 Å². The van der Waals surface area contributed by atoms with E-state index in [1.165, 1.54) is 5.56 Å². The Hall–Kier alpha value is -1.95. The lowest BCUT2D eigenvalue weighted by Gasteiger charge is -2.25. The van der Waals surface area contributed by atoms with Crippen molar-refractivity contribution >= 4 is 5.96 Å². The molecule has 6 heteroatoms. The van der Waals surface area contributed by atoms with Gasteiger partial charge in [-0.25, -0.2) is 0 Å². The van der Waals surface area contributed by atoms with Gasteiger partial charge in [0.25, 0.3) is 0 Å². The molecule has 1 fully saturated rings. The minimum Gasteiger partial charge on any atom is -0.496 e. The highest BCUT2D eigenvalue weighted by atomic mass is 16.5. The van der Waals surface area contributed by atoms with Crippen LogP contribution in [-0.2, 0) is 17.7 Å². The first-order valence-corrected chi connectivity index (χ1v) is 8.96. The summed E-state index contributed by atoms with van der Waals surface area (Å²) >= 11 is 0. The molecule has 2 aliphatic heterocycles. The third kappa shape index (κ3) is 4.18. The van der Waals surface area contributed by atoms with Gasteiger partial charge >= 0.3 is 0 Å². The Bertz CT molecular complexity index is 627. The van der Waals surface area contributed by atoms with Gasteiger partial charge in [-0.05, 0) is 25.5 Å². The van der Waals surface area contributed by atoms with Crippen LogP contribution in [0.5, 0.6) is 11.5 Å². The summed E-state index contributed by atoms with van der Waals surface area (Å²) in [4.78, 5) is 6.57. The van der Waals surface area contributed by atoms with E-state index >= 15 is 0 Å². The predicted molar refractivity (Wildman–Crippen MR) is 98.5 cm³/mol. The number of guanidine groups is 1. The predicted octanol–water partition coefficient (Wildman–Crippen LogP) is 2.06. The number of fused-ring (bicyclic) bond motifs is 1. The first-order valence-electron chi connectivity index (χ1n) is 8.96. The summed E-state index contributed by atoms with van der Waals surface area (Å²) in [7, 11) is 5.60. The van der Waals surface area contributed by atoms with E-state index in [0.29, 0.717) is 12.5 Å². The number of benzene rings is 1. The monoisotopic (exact) mass is 347 g/mol. The van der Waals surface area contributed by atoms with E-state index in [0.717, 1.165) is 55.6 Å². The molecule has 25 heavy (non-hydrogen) atoms. The summed E-state index contributed by atoms with van der Waals surface area (Å²) in [6.07, 6.45) is 2.29. The molecule has 0 saturated carbocycles. The third-order valence-corrected chi connectivity index (χ3v) is 4.87. The van der Waals surface area contributed by atoms with Crippen molar-refractivity contribution in [3.8, 4) is 11.5 Å². The van der Waals surface area contributed by atoms with Crippen molar-refractivity contribution in [2.45, 2.75) is 32.4 Å². The van der Waals surface area contributed by atoms with Crippen LogP contribution < -0.4 is 14.8 Å². The Balaban J connectivity index is 1.64. The normalized spacial score (nSPS) is 22.5. The molecule has 0 aliphatic carbocycles. The molecule has 0 spiro atoms. The van der Waals surface area contributed by atoms with Crippen LogP contribution in [0, 0.1) is 5.92 Å². The van der Waals surface area contributed by atoms with E-state index in [1.807, 2.05) is 7.05 Å². The molecule has 6 nitrogen and oxygen atoms in total. The van der Waals surface area contributed by atoms with Gasteiger partial charge in [0.05, 0.1) is 13.7 Å². The van der Waals surface area contributed by atoms with E-state index in [1.54, 1.807) is 7.11 Å². The minimum atomic E-state index is 0.232. The van der Waals surface area contributed by atoms with Gasteiger partial charge in [0.15, 0.2) is 5.96 Å². The van der Waals surface area contributed by atoms with Gasteiger partial charge in [0.1, 0.15) is 17.6 Å². The van der Waals surface area contributed by atoms with Gasteiger partial charge in [-0.3, -0.25) is 4.99 Å². The van der Waals surface area contributed by atoms with Crippen LogP contribution in [0.15, 0.2) is 17.1 Å². The largest absolute Gasteiger partial charge is 0.496 e. The maximum Gasteiger partial charge on any atom is 0.193 e. The molecule has 0 amide bonds.